The van der Waals surface area contributed by atoms with Gasteiger partial charge in [0.2, 0.25) is 0 Å². The number of carbonyl (C=O) groups excluding carboxylic acids is 2. The van der Waals surface area contributed by atoms with Gasteiger partial charge in [-0.1, -0.05) is 35.9 Å². The minimum absolute atomic E-state index is 0.156. The number of carbonyl (C=O) groups is 2. The molecule has 0 fully saturated rings. The molecule has 7 heteroatoms. The molecule has 0 aliphatic carbocycles. The maximum Gasteiger partial charge on any atom is 0.315 e. The van der Waals surface area contributed by atoms with Gasteiger partial charge in [0.05, 0.1) is 11.4 Å². The standard InChI is InChI=1S/C23H27N5O2/c1-16-9-11-19(12-10-16)22(29)24-13-14-25-23(30)26-15-21-17(2)27-28(18(21)3)20-7-5-4-6-8-20/h4-12H,13-15H2,1-3H3,(H,24,29)(H2,25,26,30). The number of nitrogens with one attached hydrogen (secondary N) is 3. The highest BCUT2D eigenvalue weighted by molar-refractivity contribution is 5.94. The van der Waals surface area contributed by atoms with E-state index in [9.17, 15) is 9.59 Å². The van der Waals surface area contributed by atoms with Crippen molar-refractivity contribution in [1.82, 2.24) is 25.7 Å². The molecule has 0 aliphatic rings. The molecule has 0 bridgehead atoms. The highest BCUT2D eigenvalue weighted by Gasteiger charge is 2.13. The molecule has 3 amide bonds. The summed E-state index contributed by atoms with van der Waals surface area (Å²) in [5.41, 5.74) is 5.54. The first-order valence-corrected chi connectivity index (χ1v) is 9.93. The summed E-state index contributed by atoms with van der Waals surface area (Å²) in [7, 11) is 0. The Labute approximate surface area is 176 Å². The summed E-state index contributed by atoms with van der Waals surface area (Å²) in [4.78, 5) is 24.2. The van der Waals surface area contributed by atoms with Crippen molar-refractivity contribution >= 4 is 11.9 Å². The lowest BCUT2D eigenvalue weighted by atomic mass is 10.1. The third-order valence-corrected chi connectivity index (χ3v) is 4.88. The molecule has 3 rings (SSSR count). The highest BCUT2D eigenvalue weighted by Crippen LogP contribution is 2.17. The second kappa shape index (κ2) is 9.73. The zero-order valence-electron chi connectivity index (χ0n) is 17.5. The van der Waals surface area contributed by atoms with Crippen molar-refractivity contribution in [2.45, 2.75) is 27.3 Å². The van der Waals surface area contributed by atoms with Gasteiger partial charge in [-0.2, -0.15) is 5.10 Å². The van der Waals surface area contributed by atoms with Crippen molar-refractivity contribution in [3.63, 3.8) is 0 Å². The van der Waals surface area contributed by atoms with E-state index in [2.05, 4.69) is 21.0 Å². The molecule has 30 heavy (non-hydrogen) atoms. The van der Waals surface area contributed by atoms with Crippen LogP contribution in [0, 0.1) is 20.8 Å². The largest absolute Gasteiger partial charge is 0.350 e. The zero-order valence-corrected chi connectivity index (χ0v) is 17.5. The summed E-state index contributed by atoms with van der Waals surface area (Å²) in [6.07, 6.45) is 0. The summed E-state index contributed by atoms with van der Waals surface area (Å²) in [6.45, 7) is 6.96. The van der Waals surface area contributed by atoms with Crippen molar-refractivity contribution in [3.05, 3.63) is 82.7 Å². The molecule has 0 saturated carbocycles. The van der Waals surface area contributed by atoms with E-state index in [4.69, 9.17) is 0 Å². The first-order valence-electron chi connectivity index (χ1n) is 9.93. The van der Waals surface area contributed by atoms with E-state index in [1.165, 1.54) is 0 Å². The smallest absolute Gasteiger partial charge is 0.315 e. The molecule has 3 aromatic rings. The molecule has 7 nitrogen and oxygen atoms in total. The summed E-state index contributed by atoms with van der Waals surface area (Å²) in [5, 5.41) is 13.0. The van der Waals surface area contributed by atoms with Crippen molar-refractivity contribution < 1.29 is 9.59 Å². The van der Waals surface area contributed by atoms with Crippen LogP contribution < -0.4 is 16.0 Å². The first kappa shape index (κ1) is 21.1. The van der Waals surface area contributed by atoms with Crippen molar-refractivity contribution in [2.24, 2.45) is 0 Å². The lowest BCUT2D eigenvalue weighted by molar-refractivity contribution is 0.0954. The maximum absolute atomic E-state index is 12.1. The fourth-order valence-electron chi connectivity index (χ4n) is 3.14. The second-order valence-electron chi connectivity index (χ2n) is 7.13. The molecule has 156 valence electrons. The second-order valence-corrected chi connectivity index (χ2v) is 7.13. The van der Waals surface area contributed by atoms with Gasteiger partial charge in [0.1, 0.15) is 0 Å². The van der Waals surface area contributed by atoms with E-state index < -0.39 is 0 Å². The number of benzene rings is 2. The third-order valence-electron chi connectivity index (χ3n) is 4.88. The number of rotatable bonds is 7. The lowest BCUT2D eigenvalue weighted by Crippen LogP contribution is -2.40. The van der Waals surface area contributed by atoms with Crippen molar-refractivity contribution in [3.8, 4) is 5.69 Å². The molecular formula is C23H27N5O2. The lowest BCUT2D eigenvalue weighted by Gasteiger charge is -2.09. The SMILES string of the molecule is Cc1ccc(C(=O)NCCNC(=O)NCc2c(C)nn(-c3ccccc3)c2C)cc1. The molecular weight excluding hydrogens is 378 g/mol. The normalized spacial score (nSPS) is 10.5. The van der Waals surface area contributed by atoms with Crippen LogP contribution in [0.3, 0.4) is 0 Å². The predicted octanol–water partition coefficient (Wildman–Crippen LogP) is 3.03. The predicted molar refractivity (Wildman–Crippen MR) is 117 cm³/mol. The van der Waals surface area contributed by atoms with Gasteiger partial charge in [-0.15, -0.1) is 0 Å². The number of aryl methyl sites for hydroxylation is 2. The van der Waals surface area contributed by atoms with Crippen LogP contribution in [0.4, 0.5) is 4.79 Å². The third kappa shape index (κ3) is 5.26. The molecule has 1 aromatic heterocycles. The Morgan fingerprint density at radius 3 is 2.23 bits per heavy atom. The van der Waals surface area contributed by atoms with Gasteiger partial charge in [0, 0.05) is 36.5 Å². The first-order chi connectivity index (χ1) is 14.5. The summed E-state index contributed by atoms with van der Waals surface area (Å²) >= 11 is 0. The van der Waals surface area contributed by atoms with Gasteiger partial charge in [-0.05, 0) is 45.0 Å². The van der Waals surface area contributed by atoms with Gasteiger partial charge < -0.3 is 16.0 Å². The fraction of sp³-hybridized carbons (Fsp3) is 0.261. The van der Waals surface area contributed by atoms with E-state index in [0.29, 0.717) is 25.2 Å². The van der Waals surface area contributed by atoms with E-state index in [1.54, 1.807) is 12.1 Å². The molecule has 2 aromatic carbocycles. The molecule has 0 aliphatic heterocycles. The number of para-hydroxylation sites is 1. The molecule has 0 unspecified atom stereocenters. The average Bonchev–Trinajstić information content (AvgIpc) is 3.04. The Morgan fingerprint density at radius 1 is 0.867 bits per heavy atom. The number of hydrogen-bond acceptors (Lipinski definition) is 3. The van der Waals surface area contributed by atoms with Crippen LogP contribution in [0.25, 0.3) is 5.69 Å². The molecule has 0 radical (unpaired) electrons. The molecule has 3 N–H and O–H groups in total. The highest BCUT2D eigenvalue weighted by atomic mass is 16.2. The summed E-state index contributed by atoms with van der Waals surface area (Å²) in [5.74, 6) is -0.156. The van der Waals surface area contributed by atoms with Crippen LogP contribution >= 0.6 is 0 Å². The quantitative estimate of drug-likeness (QED) is 0.528. The Bertz CT molecular complexity index is 1010. The Hall–Kier alpha value is -3.61. The number of hydrogen-bond donors (Lipinski definition) is 3. The van der Waals surface area contributed by atoms with Gasteiger partial charge >= 0.3 is 6.03 Å². The van der Waals surface area contributed by atoms with Crippen LogP contribution in [-0.4, -0.2) is 34.8 Å². The van der Waals surface area contributed by atoms with Crippen LogP contribution in [-0.2, 0) is 6.54 Å². The Balaban J connectivity index is 1.44. The van der Waals surface area contributed by atoms with Gasteiger partial charge in [-0.3, -0.25) is 4.79 Å². The fourth-order valence-corrected chi connectivity index (χ4v) is 3.14. The van der Waals surface area contributed by atoms with Gasteiger partial charge in [-0.25, -0.2) is 9.48 Å². The maximum atomic E-state index is 12.1. The van der Waals surface area contributed by atoms with E-state index in [1.807, 2.05) is 67.9 Å². The van der Waals surface area contributed by atoms with Crippen LogP contribution in [0.1, 0.15) is 32.9 Å². The van der Waals surface area contributed by atoms with E-state index in [0.717, 1.165) is 28.2 Å². The monoisotopic (exact) mass is 405 g/mol. The van der Waals surface area contributed by atoms with Gasteiger partial charge in [0.25, 0.3) is 5.91 Å². The molecule has 0 spiro atoms. The number of urea groups is 1. The number of nitrogens with zero attached hydrogens (tertiary/aromatic N) is 2. The summed E-state index contributed by atoms with van der Waals surface area (Å²) in [6, 6.07) is 17.0. The minimum Gasteiger partial charge on any atom is -0.350 e. The van der Waals surface area contributed by atoms with Gasteiger partial charge in [0.15, 0.2) is 0 Å². The van der Waals surface area contributed by atoms with Crippen LogP contribution in [0.5, 0.6) is 0 Å². The average molecular weight is 406 g/mol. The summed E-state index contributed by atoms with van der Waals surface area (Å²) < 4.78 is 1.88. The number of amides is 3. The Morgan fingerprint density at radius 2 is 1.53 bits per heavy atom. The van der Waals surface area contributed by atoms with Crippen LogP contribution in [0.15, 0.2) is 54.6 Å². The zero-order chi connectivity index (χ0) is 21.5. The van der Waals surface area contributed by atoms with Crippen molar-refractivity contribution in [1.29, 1.82) is 0 Å². The minimum atomic E-state index is -0.286. The van der Waals surface area contributed by atoms with Crippen LogP contribution in [0.2, 0.25) is 0 Å². The van der Waals surface area contributed by atoms with E-state index >= 15 is 0 Å². The van der Waals surface area contributed by atoms with Crippen molar-refractivity contribution in [2.75, 3.05) is 13.1 Å². The van der Waals surface area contributed by atoms with E-state index in [-0.39, 0.29) is 11.9 Å². The molecule has 0 atom stereocenters. The topological polar surface area (TPSA) is 88.1 Å². The Kier molecular flexibility index (Phi) is 6.85. The molecule has 1 heterocycles. The number of aromatic nitrogens is 2. The molecule has 0 saturated heterocycles.